The van der Waals surface area contributed by atoms with Gasteiger partial charge in [0.2, 0.25) is 0 Å². The van der Waals surface area contributed by atoms with Crippen molar-refractivity contribution in [1.29, 1.82) is 0 Å². The maximum Gasteiger partial charge on any atom is 0.254 e. The minimum absolute atomic E-state index is 0.0729. The fraction of sp³-hybridized carbons (Fsp3) is 0.611. The molecule has 0 spiro atoms. The lowest BCUT2D eigenvalue weighted by molar-refractivity contribution is 0.0432. The van der Waals surface area contributed by atoms with Gasteiger partial charge in [-0.15, -0.1) is 0 Å². The summed E-state index contributed by atoms with van der Waals surface area (Å²) in [6.07, 6.45) is 2.72. The van der Waals surface area contributed by atoms with E-state index in [0.717, 1.165) is 51.5 Å². The van der Waals surface area contributed by atoms with Crippen molar-refractivity contribution in [3.8, 4) is 11.5 Å². The summed E-state index contributed by atoms with van der Waals surface area (Å²) in [5.41, 5.74) is 0.673. The Morgan fingerprint density at radius 1 is 1.04 bits per heavy atom. The molecule has 1 aromatic carbocycles. The second kappa shape index (κ2) is 6.99. The summed E-state index contributed by atoms with van der Waals surface area (Å²) < 4.78 is 16.8. The first-order valence-electron chi connectivity index (χ1n) is 8.82. The second-order valence-corrected chi connectivity index (χ2v) is 6.59. The molecule has 1 unspecified atom stereocenters. The number of rotatable bonds is 3. The Labute approximate surface area is 142 Å². The molecule has 3 heterocycles. The van der Waals surface area contributed by atoms with Gasteiger partial charge >= 0.3 is 0 Å². The summed E-state index contributed by atoms with van der Waals surface area (Å²) in [4.78, 5) is 17.1. The number of piperazine rings is 1. The predicted molar refractivity (Wildman–Crippen MR) is 88.7 cm³/mol. The van der Waals surface area contributed by atoms with E-state index in [-0.39, 0.29) is 5.91 Å². The van der Waals surface area contributed by atoms with E-state index < -0.39 is 0 Å². The Hall–Kier alpha value is -1.79. The molecular formula is C18H24N2O4. The monoisotopic (exact) mass is 332 g/mol. The van der Waals surface area contributed by atoms with Crippen LogP contribution in [0.3, 0.4) is 0 Å². The van der Waals surface area contributed by atoms with Crippen molar-refractivity contribution in [2.24, 2.45) is 0 Å². The maximum atomic E-state index is 12.7. The van der Waals surface area contributed by atoms with Gasteiger partial charge in [-0.05, 0) is 31.0 Å². The van der Waals surface area contributed by atoms with E-state index in [4.69, 9.17) is 14.2 Å². The van der Waals surface area contributed by atoms with Crippen molar-refractivity contribution in [3.05, 3.63) is 23.8 Å². The van der Waals surface area contributed by atoms with Crippen LogP contribution in [0.4, 0.5) is 0 Å². The summed E-state index contributed by atoms with van der Waals surface area (Å²) in [7, 11) is 0. The summed E-state index contributed by atoms with van der Waals surface area (Å²) in [5, 5.41) is 0. The smallest absolute Gasteiger partial charge is 0.254 e. The van der Waals surface area contributed by atoms with E-state index in [1.165, 1.54) is 6.42 Å². The van der Waals surface area contributed by atoms with Crippen molar-refractivity contribution in [1.82, 2.24) is 9.80 Å². The molecule has 24 heavy (non-hydrogen) atoms. The first-order chi connectivity index (χ1) is 11.8. The highest BCUT2D eigenvalue weighted by molar-refractivity contribution is 5.95. The molecule has 130 valence electrons. The van der Waals surface area contributed by atoms with Crippen LogP contribution in [0.25, 0.3) is 0 Å². The van der Waals surface area contributed by atoms with E-state index in [1.54, 1.807) is 6.07 Å². The van der Waals surface area contributed by atoms with E-state index in [2.05, 4.69) is 4.90 Å². The number of carbonyl (C=O) groups excluding carboxylic acids is 1. The van der Waals surface area contributed by atoms with Crippen molar-refractivity contribution in [2.45, 2.75) is 18.9 Å². The van der Waals surface area contributed by atoms with Crippen molar-refractivity contribution in [3.63, 3.8) is 0 Å². The van der Waals surface area contributed by atoms with Gasteiger partial charge in [0.25, 0.3) is 5.91 Å². The average Bonchev–Trinajstić information content (AvgIpc) is 3.14. The zero-order valence-electron chi connectivity index (χ0n) is 13.9. The minimum Gasteiger partial charge on any atom is -0.486 e. The van der Waals surface area contributed by atoms with Crippen LogP contribution in [-0.2, 0) is 4.74 Å². The molecule has 3 aliphatic heterocycles. The van der Waals surface area contributed by atoms with Gasteiger partial charge in [0.1, 0.15) is 13.2 Å². The molecule has 0 aromatic heterocycles. The van der Waals surface area contributed by atoms with Crippen LogP contribution in [0.5, 0.6) is 11.5 Å². The van der Waals surface area contributed by atoms with Crippen LogP contribution in [0.2, 0.25) is 0 Å². The molecule has 2 saturated heterocycles. The molecule has 4 rings (SSSR count). The van der Waals surface area contributed by atoms with Gasteiger partial charge in [0.05, 0.1) is 6.10 Å². The summed E-state index contributed by atoms with van der Waals surface area (Å²) >= 11 is 0. The maximum absolute atomic E-state index is 12.7. The minimum atomic E-state index is 0.0729. The molecule has 1 atom stereocenters. The zero-order valence-corrected chi connectivity index (χ0v) is 13.9. The molecule has 6 nitrogen and oxygen atoms in total. The molecule has 6 heteroatoms. The number of benzene rings is 1. The molecule has 1 amide bonds. The van der Waals surface area contributed by atoms with Crippen LogP contribution in [0, 0.1) is 0 Å². The fourth-order valence-corrected chi connectivity index (χ4v) is 3.57. The highest BCUT2D eigenvalue weighted by Gasteiger charge is 2.26. The zero-order chi connectivity index (χ0) is 16.4. The second-order valence-electron chi connectivity index (χ2n) is 6.59. The predicted octanol–water partition coefficient (Wildman–Crippen LogP) is 1.39. The third-order valence-corrected chi connectivity index (χ3v) is 4.93. The number of hydrogen-bond donors (Lipinski definition) is 0. The number of ether oxygens (including phenoxy) is 3. The van der Waals surface area contributed by atoms with Gasteiger partial charge in [0, 0.05) is 44.9 Å². The highest BCUT2D eigenvalue weighted by atomic mass is 16.6. The molecule has 3 aliphatic rings. The Morgan fingerprint density at radius 3 is 2.58 bits per heavy atom. The molecule has 1 aromatic rings. The van der Waals surface area contributed by atoms with Crippen LogP contribution in [0.1, 0.15) is 23.2 Å². The first kappa shape index (κ1) is 15.7. The molecular weight excluding hydrogens is 308 g/mol. The van der Waals surface area contributed by atoms with Crippen molar-refractivity contribution >= 4 is 5.91 Å². The van der Waals surface area contributed by atoms with Gasteiger partial charge in [-0.3, -0.25) is 9.69 Å². The topological polar surface area (TPSA) is 51.2 Å². The van der Waals surface area contributed by atoms with Gasteiger partial charge in [-0.25, -0.2) is 0 Å². The molecule has 0 saturated carbocycles. The Kier molecular flexibility index (Phi) is 4.58. The summed E-state index contributed by atoms with van der Waals surface area (Å²) in [6, 6.07) is 5.46. The molecule has 0 N–H and O–H groups in total. The van der Waals surface area contributed by atoms with E-state index in [0.29, 0.717) is 30.6 Å². The third kappa shape index (κ3) is 3.35. The van der Waals surface area contributed by atoms with Crippen LogP contribution >= 0.6 is 0 Å². The fourth-order valence-electron chi connectivity index (χ4n) is 3.57. The Bertz CT molecular complexity index is 593. The van der Waals surface area contributed by atoms with Gasteiger partial charge < -0.3 is 19.1 Å². The highest BCUT2D eigenvalue weighted by Crippen LogP contribution is 2.31. The quantitative estimate of drug-likeness (QED) is 0.837. The summed E-state index contributed by atoms with van der Waals surface area (Å²) in [5.74, 6) is 1.46. The lowest BCUT2D eigenvalue weighted by Gasteiger charge is -2.35. The van der Waals surface area contributed by atoms with Crippen LogP contribution < -0.4 is 9.47 Å². The van der Waals surface area contributed by atoms with Crippen LogP contribution in [-0.4, -0.2) is 74.4 Å². The van der Waals surface area contributed by atoms with Gasteiger partial charge in [0.15, 0.2) is 11.5 Å². The normalized spacial score (nSPS) is 24.2. The SMILES string of the molecule is O=C(c1ccc2c(c1)OCCO2)N1CCN(CC2CCCO2)CC1. The largest absolute Gasteiger partial charge is 0.486 e. The molecule has 0 radical (unpaired) electrons. The lowest BCUT2D eigenvalue weighted by atomic mass is 10.1. The summed E-state index contributed by atoms with van der Waals surface area (Å²) in [6.45, 7) is 6.34. The number of amides is 1. The average molecular weight is 332 g/mol. The van der Waals surface area contributed by atoms with Gasteiger partial charge in [-0.2, -0.15) is 0 Å². The van der Waals surface area contributed by atoms with E-state index in [9.17, 15) is 4.79 Å². The lowest BCUT2D eigenvalue weighted by Crippen LogP contribution is -2.50. The van der Waals surface area contributed by atoms with Crippen LogP contribution in [0.15, 0.2) is 18.2 Å². The van der Waals surface area contributed by atoms with Crippen molar-refractivity contribution in [2.75, 3.05) is 52.5 Å². The Balaban J connectivity index is 1.34. The molecule has 0 aliphatic carbocycles. The standard InChI is InChI=1S/C18H24N2O4/c21-18(14-3-4-16-17(12-14)24-11-10-23-16)20-7-5-19(6-8-20)13-15-2-1-9-22-15/h3-4,12,15H,1-2,5-11,13H2. The van der Waals surface area contributed by atoms with E-state index in [1.807, 2.05) is 17.0 Å². The Morgan fingerprint density at radius 2 is 1.83 bits per heavy atom. The number of hydrogen-bond acceptors (Lipinski definition) is 5. The molecule has 0 bridgehead atoms. The number of carbonyl (C=O) groups is 1. The number of nitrogens with zero attached hydrogens (tertiary/aromatic N) is 2. The van der Waals surface area contributed by atoms with Gasteiger partial charge in [-0.1, -0.05) is 0 Å². The molecule has 2 fully saturated rings. The third-order valence-electron chi connectivity index (χ3n) is 4.93. The number of fused-ring (bicyclic) bond motifs is 1. The van der Waals surface area contributed by atoms with E-state index >= 15 is 0 Å². The first-order valence-corrected chi connectivity index (χ1v) is 8.82. The van der Waals surface area contributed by atoms with Crippen molar-refractivity contribution < 1.29 is 19.0 Å².